The van der Waals surface area contributed by atoms with E-state index in [1.807, 2.05) is 30.3 Å². The SMILES string of the molecule is CC(=O)Nc1cc(OCc2ccccc2)c(C(C)=O)cc1Br.O=C1CCC(=O)N1Br. The van der Waals surface area contributed by atoms with E-state index in [1.165, 1.54) is 13.8 Å². The molecular formula is C21H20Br2N2O5. The maximum absolute atomic E-state index is 11.8. The molecule has 1 N–H and O–H groups in total. The number of carbonyl (C=O) groups excluding carboxylic acids is 4. The minimum absolute atomic E-state index is 0.0989. The van der Waals surface area contributed by atoms with E-state index in [4.69, 9.17) is 4.74 Å². The van der Waals surface area contributed by atoms with Crippen LogP contribution in [-0.4, -0.2) is 27.4 Å². The minimum Gasteiger partial charge on any atom is -0.488 e. The van der Waals surface area contributed by atoms with Crippen molar-refractivity contribution in [1.29, 1.82) is 0 Å². The summed E-state index contributed by atoms with van der Waals surface area (Å²) < 4.78 is 7.39. The first kappa shape index (κ1) is 23.8. The van der Waals surface area contributed by atoms with Gasteiger partial charge in [0.15, 0.2) is 5.78 Å². The van der Waals surface area contributed by atoms with Gasteiger partial charge >= 0.3 is 0 Å². The van der Waals surface area contributed by atoms with E-state index in [0.717, 1.165) is 9.49 Å². The van der Waals surface area contributed by atoms with Gasteiger partial charge in [-0.3, -0.25) is 19.2 Å². The van der Waals surface area contributed by atoms with Crippen molar-refractivity contribution in [3.05, 3.63) is 58.1 Å². The van der Waals surface area contributed by atoms with Gasteiger partial charge in [-0.15, -0.1) is 0 Å². The van der Waals surface area contributed by atoms with Gasteiger partial charge in [-0.25, -0.2) is 3.93 Å². The highest BCUT2D eigenvalue weighted by Gasteiger charge is 2.26. The number of halogens is 2. The standard InChI is InChI=1S/C17H16BrNO3.C4H4BrNO2/c1-11(20)14-8-15(18)16(19-12(2)21)9-17(14)22-10-13-6-4-3-5-7-13;5-6-3(7)1-2-4(6)8/h3-9H,10H2,1-2H3,(H,19,21);1-2H2. The van der Waals surface area contributed by atoms with Crippen LogP contribution in [0.1, 0.15) is 42.6 Å². The first-order valence-electron chi connectivity index (χ1n) is 8.99. The average molecular weight is 540 g/mol. The van der Waals surface area contributed by atoms with E-state index in [1.54, 1.807) is 12.1 Å². The maximum Gasteiger partial charge on any atom is 0.239 e. The van der Waals surface area contributed by atoms with Gasteiger partial charge < -0.3 is 10.1 Å². The molecule has 3 amide bonds. The number of carbonyl (C=O) groups is 4. The lowest BCUT2D eigenvalue weighted by Gasteiger charge is -2.14. The molecular weight excluding hydrogens is 520 g/mol. The molecule has 1 aliphatic heterocycles. The zero-order valence-electron chi connectivity index (χ0n) is 16.4. The van der Waals surface area contributed by atoms with Crippen molar-refractivity contribution >= 4 is 61.3 Å². The molecule has 1 fully saturated rings. The molecule has 2 aromatic rings. The Labute approximate surface area is 191 Å². The number of imide groups is 1. The third-order valence-corrected chi connectivity index (χ3v) is 5.43. The summed E-state index contributed by atoms with van der Waals surface area (Å²) in [6.07, 6.45) is 0.703. The monoisotopic (exact) mass is 538 g/mol. The summed E-state index contributed by atoms with van der Waals surface area (Å²) in [6, 6.07) is 13.0. The second-order valence-electron chi connectivity index (χ2n) is 6.41. The van der Waals surface area contributed by atoms with Crippen molar-refractivity contribution in [3.63, 3.8) is 0 Å². The lowest BCUT2D eigenvalue weighted by molar-refractivity contribution is -0.131. The van der Waals surface area contributed by atoms with Crippen LogP contribution in [-0.2, 0) is 21.0 Å². The van der Waals surface area contributed by atoms with E-state index in [-0.39, 0.29) is 23.5 Å². The summed E-state index contributed by atoms with van der Waals surface area (Å²) in [7, 11) is 0. The molecule has 0 radical (unpaired) electrons. The number of ketones is 1. The molecule has 0 saturated carbocycles. The third-order valence-electron chi connectivity index (χ3n) is 3.99. The number of rotatable bonds is 5. The number of hydrogen-bond donors (Lipinski definition) is 1. The number of benzene rings is 2. The Balaban J connectivity index is 0.000000335. The van der Waals surface area contributed by atoms with E-state index < -0.39 is 0 Å². The second kappa shape index (κ2) is 11.0. The quantitative estimate of drug-likeness (QED) is 0.339. The Morgan fingerprint density at radius 1 is 1.07 bits per heavy atom. The van der Waals surface area contributed by atoms with Crippen LogP contribution in [0.2, 0.25) is 0 Å². The van der Waals surface area contributed by atoms with Gasteiger partial charge in [-0.05, 0) is 34.5 Å². The molecule has 158 valence electrons. The van der Waals surface area contributed by atoms with Crippen molar-refractivity contribution in [3.8, 4) is 5.75 Å². The molecule has 9 heteroatoms. The highest BCUT2D eigenvalue weighted by molar-refractivity contribution is 9.10. The van der Waals surface area contributed by atoms with Gasteiger partial charge in [0, 0.05) is 30.3 Å². The fourth-order valence-electron chi connectivity index (χ4n) is 2.52. The van der Waals surface area contributed by atoms with Crippen LogP contribution in [0.3, 0.4) is 0 Å². The molecule has 30 heavy (non-hydrogen) atoms. The van der Waals surface area contributed by atoms with E-state index in [2.05, 4.69) is 37.4 Å². The predicted molar refractivity (Wildman–Crippen MR) is 119 cm³/mol. The summed E-state index contributed by atoms with van der Waals surface area (Å²) in [4.78, 5) is 43.9. The second-order valence-corrected chi connectivity index (χ2v) is 7.97. The van der Waals surface area contributed by atoms with Crippen LogP contribution in [0, 0.1) is 0 Å². The molecule has 0 aromatic heterocycles. The third kappa shape index (κ3) is 6.77. The molecule has 0 spiro atoms. The smallest absolute Gasteiger partial charge is 0.239 e. The van der Waals surface area contributed by atoms with Crippen molar-refractivity contribution in [2.24, 2.45) is 0 Å². The minimum atomic E-state index is -0.190. The Morgan fingerprint density at radius 2 is 1.67 bits per heavy atom. The molecule has 3 rings (SSSR count). The van der Waals surface area contributed by atoms with E-state index in [0.29, 0.717) is 40.9 Å². The maximum atomic E-state index is 11.8. The lowest BCUT2D eigenvalue weighted by atomic mass is 10.1. The number of ether oxygens (including phenoxy) is 1. The van der Waals surface area contributed by atoms with Gasteiger partial charge in [0.05, 0.1) is 27.4 Å². The largest absolute Gasteiger partial charge is 0.488 e. The number of nitrogens with zero attached hydrogens (tertiary/aromatic N) is 1. The normalized spacial score (nSPS) is 12.9. The lowest BCUT2D eigenvalue weighted by Crippen LogP contribution is -2.16. The molecule has 2 aromatic carbocycles. The average Bonchev–Trinajstić information content (AvgIpc) is 3.00. The van der Waals surface area contributed by atoms with E-state index >= 15 is 0 Å². The Morgan fingerprint density at radius 3 is 2.13 bits per heavy atom. The zero-order valence-corrected chi connectivity index (χ0v) is 19.6. The molecule has 0 aliphatic carbocycles. The molecule has 7 nitrogen and oxygen atoms in total. The number of amides is 3. The van der Waals surface area contributed by atoms with Crippen LogP contribution in [0.25, 0.3) is 0 Å². The summed E-state index contributed by atoms with van der Waals surface area (Å²) in [6.45, 7) is 3.26. The molecule has 0 bridgehead atoms. The van der Waals surface area contributed by atoms with Crippen LogP contribution in [0.5, 0.6) is 5.75 Å². The fraction of sp³-hybridized carbons (Fsp3) is 0.238. The van der Waals surface area contributed by atoms with Gasteiger partial charge in [0.25, 0.3) is 0 Å². The van der Waals surface area contributed by atoms with Crippen molar-refractivity contribution < 1.29 is 23.9 Å². The van der Waals surface area contributed by atoms with Crippen molar-refractivity contribution in [1.82, 2.24) is 3.93 Å². The first-order chi connectivity index (χ1) is 14.2. The number of anilines is 1. The number of hydrogen-bond acceptors (Lipinski definition) is 5. The first-order valence-corrected chi connectivity index (χ1v) is 10.5. The predicted octanol–water partition coefficient (Wildman–Crippen LogP) is 4.63. The van der Waals surface area contributed by atoms with Gasteiger partial charge in [0.1, 0.15) is 12.4 Å². The summed E-state index contributed by atoms with van der Waals surface area (Å²) in [5, 5.41) is 2.70. The zero-order chi connectivity index (χ0) is 22.3. The molecule has 1 aliphatic rings. The van der Waals surface area contributed by atoms with Crippen LogP contribution in [0.4, 0.5) is 5.69 Å². The Hall–Kier alpha value is -2.52. The fourth-order valence-corrected chi connectivity index (χ4v) is 3.32. The van der Waals surface area contributed by atoms with Crippen LogP contribution < -0.4 is 10.1 Å². The van der Waals surface area contributed by atoms with Crippen molar-refractivity contribution in [2.75, 3.05) is 5.32 Å². The van der Waals surface area contributed by atoms with Crippen molar-refractivity contribution in [2.45, 2.75) is 33.3 Å². The summed E-state index contributed by atoms with van der Waals surface area (Å²) in [5.41, 5.74) is 2.04. The van der Waals surface area contributed by atoms with Gasteiger partial charge in [-0.2, -0.15) is 0 Å². The van der Waals surface area contributed by atoms with Crippen LogP contribution >= 0.6 is 32.1 Å². The molecule has 0 unspecified atom stereocenters. The summed E-state index contributed by atoms with van der Waals surface area (Å²) >= 11 is 6.15. The molecule has 0 atom stereocenters. The Bertz CT molecular complexity index is 947. The highest BCUT2D eigenvalue weighted by atomic mass is 79.9. The molecule has 1 heterocycles. The van der Waals surface area contributed by atoms with Gasteiger partial charge in [-0.1, -0.05) is 30.3 Å². The van der Waals surface area contributed by atoms with Gasteiger partial charge in [0.2, 0.25) is 17.7 Å². The van der Waals surface area contributed by atoms with Crippen LogP contribution in [0.15, 0.2) is 46.9 Å². The summed E-state index contributed by atoms with van der Waals surface area (Å²) in [5.74, 6) is -0.128. The topological polar surface area (TPSA) is 92.8 Å². The number of nitrogens with one attached hydrogen (secondary N) is 1. The molecule has 1 saturated heterocycles. The Kier molecular flexibility index (Phi) is 8.73. The highest BCUT2D eigenvalue weighted by Crippen LogP contribution is 2.32. The van der Waals surface area contributed by atoms with E-state index in [9.17, 15) is 19.2 Å². The number of Topliss-reactive ketones (excluding diaryl/α,β-unsaturated/α-hetero) is 1.